The number of nitrogens with zero attached hydrogens (tertiary/aromatic N) is 2. The average Bonchev–Trinajstić information content (AvgIpc) is 3.20. The fourth-order valence-electron chi connectivity index (χ4n) is 3.06. The minimum Gasteiger partial charge on any atom is -0.300 e. The van der Waals surface area contributed by atoms with Gasteiger partial charge in [0.1, 0.15) is 0 Å². The number of aromatic nitrogens is 2. The Bertz CT molecular complexity index is 1120. The first-order valence-electron chi connectivity index (χ1n) is 9.62. The molecule has 1 aromatic heterocycles. The average molecular weight is 432 g/mol. The fourth-order valence-corrected chi connectivity index (χ4v) is 4.77. The number of hydrogen-bond acceptors (Lipinski definition) is 5. The molecular weight excluding hydrogens is 410 g/mol. The van der Waals surface area contributed by atoms with Crippen LogP contribution in [0.3, 0.4) is 0 Å². The molecule has 0 bridgehead atoms. The van der Waals surface area contributed by atoms with Gasteiger partial charge in [0.15, 0.2) is 4.34 Å². The van der Waals surface area contributed by atoms with Gasteiger partial charge in [-0.2, -0.15) is 0 Å². The number of hydrogen-bond donors (Lipinski definition) is 1. The Labute approximate surface area is 184 Å². The van der Waals surface area contributed by atoms with Crippen LogP contribution in [0.1, 0.15) is 16.7 Å². The number of benzene rings is 3. The maximum absolute atomic E-state index is 12.4. The molecule has 0 saturated heterocycles. The lowest BCUT2D eigenvalue weighted by Crippen LogP contribution is -2.14. The summed E-state index contributed by atoms with van der Waals surface area (Å²) in [5, 5.41) is 11.7. The van der Waals surface area contributed by atoms with Crippen LogP contribution in [0, 0.1) is 6.92 Å². The summed E-state index contributed by atoms with van der Waals surface area (Å²) in [6, 6.07) is 26.7. The molecule has 4 nitrogen and oxygen atoms in total. The highest BCUT2D eigenvalue weighted by atomic mass is 32.2. The first-order valence-corrected chi connectivity index (χ1v) is 11.4. The standard InChI is InChI=1S/C24H21N3OS2/c1-17-6-5-7-19(14-17)16-29-24-27-26-23(30-24)25-22(28)15-18-10-12-21(13-11-18)20-8-3-2-4-9-20/h2-14H,15-16H2,1H3,(H,25,26,28). The summed E-state index contributed by atoms with van der Waals surface area (Å²) in [4.78, 5) is 12.4. The van der Waals surface area contributed by atoms with Crippen LogP contribution < -0.4 is 5.32 Å². The van der Waals surface area contributed by atoms with Crippen molar-refractivity contribution in [3.8, 4) is 11.1 Å². The molecule has 0 spiro atoms. The molecule has 0 radical (unpaired) electrons. The van der Waals surface area contributed by atoms with E-state index in [-0.39, 0.29) is 5.91 Å². The summed E-state index contributed by atoms with van der Waals surface area (Å²) in [5.41, 5.74) is 5.76. The highest BCUT2D eigenvalue weighted by Crippen LogP contribution is 2.28. The molecule has 0 aliphatic heterocycles. The Morgan fingerprint density at radius 1 is 0.900 bits per heavy atom. The SMILES string of the molecule is Cc1cccc(CSc2nnc(NC(=O)Cc3ccc(-c4ccccc4)cc3)s2)c1. The van der Waals surface area contributed by atoms with Crippen LogP contribution in [0.2, 0.25) is 0 Å². The lowest BCUT2D eigenvalue weighted by atomic mass is 10.0. The van der Waals surface area contributed by atoms with E-state index in [1.807, 2.05) is 42.5 Å². The number of amides is 1. The van der Waals surface area contributed by atoms with Crippen molar-refractivity contribution in [1.82, 2.24) is 10.2 Å². The first-order chi connectivity index (χ1) is 14.7. The van der Waals surface area contributed by atoms with E-state index < -0.39 is 0 Å². The van der Waals surface area contributed by atoms with E-state index in [9.17, 15) is 4.79 Å². The summed E-state index contributed by atoms with van der Waals surface area (Å²) in [6.45, 7) is 2.09. The number of thioether (sulfide) groups is 1. The van der Waals surface area contributed by atoms with Gasteiger partial charge in [0.05, 0.1) is 6.42 Å². The molecule has 3 aromatic carbocycles. The Morgan fingerprint density at radius 3 is 2.43 bits per heavy atom. The highest BCUT2D eigenvalue weighted by Gasteiger charge is 2.10. The number of rotatable bonds is 7. The lowest BCUT2D eigenvalue weighted by molar-refractivity contribution is -0.115. The molecule has 1 amide bonds. The maximum atomic E-state index is 12.4. The van der Waals surface area contributed by atoms with Crippen molar-refractivity contribution in [3.63, 3.8) is 0 Å². The van der Waals surface area contributed by atoms with Gasteiger partial charge < -0.3 is 5.32 Å². The van der Waals surface area contributed by atoms with E-state index in [1.165, 1.54) is 22.5 Å². The Balaban J connectivity index is 1.30. The zero-order valence-corrected chi connectivity index (χ0v) is 18.2. The van der Waals surface area contributed by atoms with Gasteiger partial charge in [0, 0.05) is 5.75 Å². The van der Waals surface area contributed by atoms with Crippen molar-refractivity contribution in [2.45, 2.75) is 23.4 Å². The van der Waals surface area contributed by atoms with Gasteiger partial charge in [-0.3, -0.25) is 4.79 Å². The van der Waals surface area contributed by atoms with Crippen LogP contribution in [0.5, 0.6) is 0 Å². The monoisotopic (exact) mass is 431 g/mol. The van der Waals surface area contributed by atoms with Crippen molar-refractivity contribution >= 4 is 34.1 Å². The third-order valence-electron chi connectivity index (χ3n) is 4.52. The lowest BCUT2D eigenvalue weighted by Gasteiger charge is -2.04. The van der Waals surface area contributed by atoms with Crippen molar-refractivity contribution in [1.29, 1.82) is 0 Å². The Morgan fingerprint density at radius 2 is 1.67 bits per heavy atom. The predicted octanol–water partition coefficient (Wildman–Crippen LogP) is 5.99. The molecule has 150 valence electrons. The zero-order valence-electron chi connectivity index (χ0n) is 16.5. The van der Waals surface area contributed by atoms with E-state index in [2.05, 4.69) is 58.8 Å². The van der Waals surface area contributed by atoms with Gasteiger partial charge >= 0.3 is 0 Å². The molecule has 0 fully saturated rings. The molecule has 1 heterocycles. The van der Waals surface area contributed by atoms with Crippen LogP contribution in [0.25, 0.3) is 11.1 Å². The number of aryl methyl sites for hydroxylation is 1. The van der Waals surface area contributed by atoms with E-state index in [0.717, 1.165) is 26.8 Å². The van der Waals surface area contributed by atoms with Crippen molar-refractivity contribution in [2.75, 3.05) is 5.32 Å². The third kappa shape index (κ3) is 5.55. The smallest absolute Gasteiger partial charge is 0.230 e. The summed E-state index contributed by atoms with van der Waals surface area (Å²) < 4.78 is 0.846. The predicted molar refractivity (Wildman–Crippen MR) is 125 cm³/mol. The van der Waals surface area contributed by atoms with Gasteiger partial charge in [-0.05, 0) is 29.2 Å². The summed E-state index contributed by atoms with van der Waals surface area (Å²) in [5.74, 6) is 0.742. The maximum Gasteiger partial charge on any atom is 0.230 e. The molecule has 0 saturated carbocycles. The molecule has 0 unspecified atom stereocenters. The number of carbonyl (C=O) groups excluding carboxylic acids is 1. The second kappa shape index (κ2) is 9.69. The van der Waals surface area contributed by atoms with E-state index >= 15 is 0 Å². The van der Waals surface area contributed by atoms with Crippen LogP contribution in [-0.4, -0.2) is 16.1 Å². The number of nitrogens with one attached hydrogen (secondary N) is 1. The molecule has 30 heavy (non-hydrogen) atoms. The van der Waals surface area contributed by atoms with Gasteiger partial charge in [0.25, 0.3) is 0 Å². The van der Waals surface area contributed by atoms with Gasteiger partial charge in [-0.1, -0.05) is 108 Å². The quantitative estimate of drug-likeness (QED) is 0.289. The molecule has 4 aromatic rings. The van der Waals surface area contributed by atoms with E-state index in [1.54, 1.807) is 11.8 Å². The van der Waals surface area contributed by atoms with Crippen molar-refractivity contribution < 1.29 is 4.79 Å². The molecular formula is C24H21N3OS2. The number of anilines is 1. The van der Waals surface area contributed by atoms with Crippen molar-refractivity contribution in [3.05, 3.63) is 95.6 Å². The van der Waals surface area contributed by atoms with Gasteiger partial charge in [-0.25, -0.2) is 0 Å². The highest BCUT2D eigenvalue weighted by molar-refractivity contribution is 8.00. The molecule has 4 rings (SSSR count). The summed E-state index contributed by atoms with van der Waals surface area (Å²) in [7, 11) is 0. The van der Waals surface area contributed by atoms with Crippen LogP contribution in [0.4, 0.5) is 5.13 Å². The van der Waals surface area contributed by atoms with Crippen molar-refractivity contribution in [2.24, 2.45) is 0 Å². The second-order valence-corrected chi connectivity index (χ2v) is 9.14. The van der Waals surface area contributed by atoms with Crippen LogP contribution >= 0.6 is 23.1 Å². The second-order valence-electron chi connectivity index (χ2n) is 6.94. The fraction of sp³-hybridized carbons (Fsp3) is 0.125. The zero-order chi connectivity index (χ0) is 20.8. The van der Waals surface area contributed by atoms with Gasteiger partial charge in [-0.15, -0.1) is 10.2 Å². The Hall–Kier alpha value is -2.96. The van der Waals surface area contributed by atoms with E-state index in [4.69, 9.17) is 0 Å². The summed E-state index contributed by atoms with van der Waals surface area (Å²) >= 11 is 3.03. The largest absolute Gasteiger partial charge is 0.300 e. The topological polar surface area (TPSA) is 54.9 Å². The minimum absolute atomic E-state index is 0.0890. The minimum atomic E-state index is -0.0890. The third-order valence-corrected chi connectivity index (χ3v) is 6.57. The summed E-state index contributed by atoms with van der Waals surface area (Å²) in [6.07, 6.45) is 0.306. The van der Waals surface area contributed by atoms with Crippen LogP contribution in [-0.2, 0) is 17.0 Å². The normalized spacial score (nSPS) is 10.7. The molecule has 0 atom stereocenters. The van der Waals surface area contributed by atoms with E-state index in [0.29, 0.717) is 11.6 Å². The number of carbonyl (C=O) groups is 1. The molecule has 6 heteroatoms. The molecule has 0 aliphatic carbocycles. The molecule has 1 N–H and O–H groups in total. The molecule has 0 aliphatic rings. The van der Waals surface area contributed by atoms with Gasteiger partial charge in [0.2, 0.25) is 11.0 Å². The first kappa shape index (κ1) is 20.3. The Kier molecular flexibility index (Phi) is 6.57. The van der Waals surface area contributed by atoms with Crippen LogP contribution in [0.15, 0.2) is 83.2 Å².